The second-order valence-corrected chi connectivity index (χ2v) is 6.43. The van der Waals surface area contributed by atoms with Crippen LogP contribution in [0.5, 0.6) is 5.75 Å². The van der Waals surface area contributed by atoms with E-state index in [1.165, 1.54) is 5.56 Å². The molecule has 0 aliphatic carbocycles. The lowest BCUT2D eigenvalue weighted by Gasteiger charge is -2.11. The highest BCUT2D eigenvalue weighted by atomic mass is 79.9. The molecule has 2 N–H and O–H groups in total. The van der Waals surface area contributed by atoms with Gasteiger partial charge in [0, 0.05) is 29.7 Å². The van der Waals surface area contributed by atoms with E-state index in [1.807, 2.05) is 43.3 Å². The van der Waals surface area contributed by atoms with Crippen molar-refractivity contribution in [1.29, 1.82) is 0 Å². The van der Waals surface area contributed by atoms with Crippen molar-refractivity contribution in [2.24, 2.45) is 0 Å². The van der Waals surface area contributed by atoms with Gasteiger partial charge in [-0.05, 0) is 58.6 Å². The molecule has 0 aliphatic heterocycles. The number of hydrogen-bond donors (Lipinski definition) is 2. The maximum absolute atomic E-state index is 11.9. The number of hydrogen-bond acceptors (Lipinski definition) is 3. The first-order chi connectivity index (χ1) is 11.6. The molecule has 1 amide bonds. The van der Waals surface area contributed by atoms with Crippen molar-refractivity contribution in [3.63, 3.8) is 0 Å². The summed E-state index contributed by atoms with van der Waals surface area (Å²) in [6.07, 6.45) is 1.19. The number of carbonyl (C=O) groups is 1. The van der Waals surface area contributed by atoms with Crippen LogP contribution in [0.4, 0.5) is 5.69 Å². The van der Waals surface area contributed by atoms with Crippen LogP contribution in [-0.2, 0) is 11.2 Å². The van der Waals surface area contributed by atoms with Crippen molar-refractivity contribution in [2.45, 2.75) is 19.8 Å². The zero-order valence-corrected chi connectivity index (χ0v) is 15.7. The number of aryl methyl sites for hydroxylation is 1. The summed E-state index contributed by atoms with van der Waals surface area (Å²) in [4.78, 5) is 11.9. The molecule has 0 radical (unpaired) electrons. The number of carbonyl (C=O) groups excluding carboxylic acids is 1. The average Bonchev–Trinajstić information content (AvgIpc) is 2.57. The number of nitrogens with one attached hydrogen (secondary N) is 2. The van der Waals surface area contributed by atoms with Crippen LogP contribution in [0.2, 0.25) is 0 Å². The van der Waals surface area contributed by atoms with Gasteiger partial charge in [0.15, 0.2) is 0 Å². The normalized spacial score (nSPS) is 10.3. The fourth-order valence-electron chi connectivity index (χ4n) is 2.41. The van der Waals surface area contributed by atoms with Gasteiger partial charge in [-0.2, -0.15) is 0 Å². The standard InChI is InChI=1S/C19H23BrN2O2/c1-14-7-8-17(16(20)13-14)21-12-10-19(23)22-11-9-15-5-3-4-6-18(15)24-2/h3-8,13,21H,9-12H2,1-2H3,(H,22,23). The molecule has 0 fully saturated rings. The molecule has 2 aromatic rings. The number of para-hydroxylation sites is 1. The molecule has 2 aromatic carbocycles. The van der Waals surface area contributed by atoms with Crippen molar-refractivity contribution in [3.8, 4) is 5.75 Å². The Morgan fingerprint density at radius 3 is 2.71 bits per heavy atom. The summed E-state index contributed by atoms with van der Waals surface area (Å²) in [5.41, 5.74) is 3.30. The van der Waals surface area contributed by atoms with Crippen LogP contribution in [0.25, 0.3) is 0 Å². The summed E-state index contributed by atoms with van der Waals surface area (Å²) in [7, 11) is 1.66. The maximum Gasteiger partial charge on any atom is 0.221 e. The first-order valence-corrected chi connectivity index (χ1v) is 8.78. The molecule has 0 atom stereocenters. The van der Waals surface area contributed by atoms with Crippen LogP contribution < -0.4 is 15.4 Å². The van der Waals surface area contributed by atoms with E-state index in [-0.39, 0.29) is 5.91 Å². The molecule has 128 valence electrons. The Hall–Kier alpha value is -2.01. The Morgan fingerprint density at radius 1 is 1.17 bits per heavy atom. The average molecular weight is 391 g/mol. The summed E-state index contributed by atoms with van der Waals surface area (Å²) < 4.78 is 6.32. The predicted molar refractivity (Wildman–Crippen MR) is 102 cm³/mol. The Kier molecular flexibility index (Phi) is 7.12. The zero-order valence-electron chi connectivity index (χ0n) is 14.1. The number of benzene rings is 2. The fourth-order valence-corrected chi connectivity index (χ4v) is 3.04. The number of ether oxygens (including phenoxy) is 1. The third-order valence-electron chi connectivity index (χ3n) is 3.70. The SMILES string of the molecule is COc1ccccc1CCNC(=O)CCNc1ccc(C)cc1Br. The van der Waals surface area contributed by atoms with E-state index < -0.39 is 0 Å². The van der Waals surface area contributed by atoms with Crippen molar-refractivity contribution >= 4 is 27.5 Å². The van der Waals surface area contributed by atoms with Gasteiger partial charge in [0.1, 0.15) is 5.75 Å². The number of anilines is 1. The van der Waals surface area contributed by atoms with Gasteiger partial charge in [-0.25, -0.2) is 0 Å². The molecule has 24 heavy (non-hydrogen) atoms. The van der Waals surface area contributed by atoms with E-state index >= 15 is 0 Å². The van der Waals surface area contributed by atoms with Crippen LogP contribution in [0.1, 0.15) is 17.5 Å². The quantitative estimate of drug-likeness (QED) is 0.717. The van der Waals surface area contributed by atoms with Crippen molar-refractivity contribution in [3.05, 3.63) is 58.1 Å². The van der Waals surface area contributed by atoms with E-state index in [4.69, 9.17) is 4.74 Å². The highest BCUT2D eigenvalue weighted by Crippen LogP contribution is 2.23. The Morgan fingerprint density at radius 2 is 1.96 bits per heavy atom. The lowest BCUT2D eigenvalue weighted by Crippen LogP contribution is -2.27. The van der Waals surface area contributed by atoms with Gasteiger partial charge >= 0.3 is 0 Å². The molecule has 0 saturated carbocycles. The van der Waals surface area contributed by atoms with Crippen molar-refractivity contribution < 1.29 is 9.53 Å². The topological polar surface area (TPSA) is 50.4 Å². The minimum absolute atomic E-state index is 0.0423. The van der Waals surface area contributed by atoms with E-state index in [9.17, 15) is 4.79 Å². The van der Waals surface area contributed by atoms with Crippen molar-refractivity contribution in [2.75, 3.05) is 25.5 Å². The smallest absolute Gasteiger partial charge is 0.221 e. The summed E-state index contributed by atoms with van der Waals surface area (Å²) >= 11 is 3.52. The Balaban J connectivity index is 1.70. The van der Waals surface area contributed by atoms with Crippen LogP contribution in [0.3, 0.4) is 0 Å². The highest BCUT2D eigenvalue weighted by Gasteiger charge is 2.05. The molecular weight excluding hydrogens is 368 g/mol. The third-order valence-corrected chi connectivity index (χ3v) is 4.36. The second-order valence-electron chi connectivity index (χ2n) is 5.57. The fraction of sp³-hybridized carbons (Fsp3) is 0.316. The van der Waals surface area contributed by atoms with Crippen LogP contribution in [0, 0.1) is 6.92 Å². The van der Waals surface area contributed by atoms with E-state index in [2.05, 4.69) is 32.6 Å². The molecule has 0 saturated heterocycles. The number of methoxy groups -OCH3 is 1. The van der Waals surface area contributed by atoms with E-state index in [0.29, 0.717) is 19.5 Å². The van der Waals surface area contributed by atoms with Crippen LogP contribution >= 0.6 is 15.9 Å². The second kappa shape index (κ2) is 9.33. The van der Waals surface area contributed by atoms with Crippen LogP contribution in [-0.4, -0.2) is 26.1 Å². The molecule has 0 bridgehead atoms. The lowest BCUT2D eigenvalue weighted by atomic mass is 10.1. The predicted octanol–water partition coefficient (Wildman–Crippen LogP) is 3.93. The van der Waals surface area contributed by atoms with Gasteiger partial charge < -0.3 is 15.4 Å². The molecule has 2 rings (SSSR count). The summed E-state index contributed by atoms with van der Waals surface area (Å²) in [6, 6.07) is 14.0. The first kappa shape index (κ1) is 18.3. The molecule has 0 aliphatic rings. The molecule has 0 unspecified atom stereocenters. The first-order valence-electron chi connectivity index (χ1n) is 7.99. The highest BCUT2D eigenvalue weighted by molar-refractivity contribution is 9.10. The molecule has 5 heteroatoms. The van der Waals surface area contributed by atoms with Gasteiger partial charge in [0.2, 0.25) is 5.91 Å². The van der Waals surface area contributed by atoms with E-state index in [0.717, 1.165) is 27.9 Å². The minimum atomic E-state index is 0.0423. The summed E-state index contributed by atoms with van der Waals surface area (Å²) in [6.45, 7) is 3.25. The minimum Gasteiger partial charge on any atom is -0.496 e. The summed E-state index contributed by atoms with van der Waals surface area (Å²) in [5, 5.41) is 6.22. The molecule has 0 spiro atoms. The molecular formula is C19H23BrN2O2. The Labute approximate surface area is 151 Å². The van der Waals surface area contributed by atoms with Gasteiger partial charge in [-0.15, -0.1) is 0 Å². The monoisotopic (exact) mass is 390 g/mol. The molecule has 0 heterocycles. The van der Waals surface area contributed by atoms with Gasteiger partial charge in [-0.3, -0.25) is 4.79 Å². The number of amides is 1. The van der Waals surface area contributed by atoms with Gasteiger partial charge in [-0.1, -0.05) is 24.3 Å². The number of halogens is 1. The lowest BCUT2D eigenvalue weighted by molar-refractivity contribution is -0.120. The van der Waals surface area contributed by atoms with Gasteiger partial charge in [0.25, 0.3) is 0 Å². The van der Waals surface area contributed by atoms with Crippen molar-refractivity contribution in [1.82, 2.24) is 5.32 Å². The molecule has 4 nitrogen and oxygen atoms in total. The molecule has 0 aromatic heterocycles. The maximum atomic E-state index is 11.9. The number of rotatable bonds is 8. The Bertz CT molecular complexity index is 689. The third kappa shape index (κ3) is 5.57. The largest absolute Gasteiger partial charge is 0.496 e. The summed E-state index contributed by atoms with van der Waals surface area (Å²) in [5.74, 6) is 0.901. The van der Waals surface area contributed by atoms with Crippen LogP contribution in [0.15, 0.2) is 46.9 Å². The zero-order chi connectivity index (χ0) is 17.4. The van der Waals surface area contributed by atoms with E-state index in [1.54, 1.807) is 7.11 Å². The van der Waals surface area contributed by atoms with Gasteiger partial charge in [0.05, 0.1) is 7.11 Å².